The number of hydrogen-bond acceptors (Lipinski definition) is 3. The van der Waals surface area contributed by atoms with Gasteiger partial charge in [-0.15, -0.1) is 0 Å². The van der Waals surface area contributed by atoms with Crippen molar-refractivity contribution in [2.45, 2.75) is 50.5 Å². The molecule has 3 nitrogen and oxygen atoms in total. The lowest BCUT2D eigenvalue weighted by Crippen LogP contribution is -2.34. The number of halogens is 1. The Labute approximate surface area is 186 Å². The fourth-order valence-corrected chi connectivity index (χ4v) is 5.75. The van der Waals surface area contributed by atoms with Crippen LogP contribution in [0.4, 0.5) is 0 Å². The van der Waals surface area contributed by atoms with E-state index in [9.17, 15) is 0 Å². The topological polar surface area (TPSA) is 15.7 Å². The van der Waals surface area contributed by atoms with Gasteiger partial charge in [0.1, 0.15) is 5.75 Å². The highest BCUT2D eigenvalue weighted by molar-refractivity contribution is 6.30. The third-order valence-corrected chi connectivity index (χ3v) is 7.43. The minimum atomic E-state index is 0.416. The Morgan fingerprint density at radius 1 is 0.900 bits per heavy atom. The van der Waals surface area contributed by atoms with Gasteiger partial charge in [-0.3, -0.25) is 4.90 Å². The lowest BCUT2D eigenvalue weighted by atomic mass is 9.81. The van der Waals surface area contributed by atoms with Crippen molar-refractivity contribution in [1.29, 1.82) is 0 Å². The maximum absolute atomic E-state index is 6.21. The molecule has 0 amide bonds. The molecule has 5 rings (SSSR count). The van der Waals surface area contributed by atoms with E-state index in [2.05, 4.69) is 40.1 Å². The molecule has 2 aromatic rings. The first-order valence-corrected chi connectivity index (χ1v) is 12.1. The van der Waals surface area contributed by atoms with E-state index in [1.807, 2.05) is 12.1 Å². The zero-order chi connectivity index (χ0) is 20.3. The van der Waals surface area contributed by atoms with E-state index in [1.54, 1.807) is 0 Å². The van der Waals surface area contributed by atoms with Gasteiger partial charge >= 0.3 is 0 Å². The molecule has 3 aliphatic heterocycles. The van der Waals surface area contributed by atoms with Crippen molar-refractivity contribution in [3.05, 3.63) is 64.2 Å². The van der Waals surface area contributed by atoms with E-state index < -0.39 is 0 Å². The second-order valence-electron chi connectivity index (χ2n) is 9.15. The van der Waals surface area contributed by atoms with E-state index in [1.165, 1.54) is 75.0 Å². The van der Waals surface area contributed by atoms with Gasteiger partial charge < -0.3 is 9.64 Å². The van der Waals surface area contributed by atoms with Gasteiger partial charge in [0, 0.05) is 30.1 Å². The van der Waals surface area contributed by atoms with Crippen LogP contribution >= 0.6 is 11.6 Å². The molecule has 3 aliphatic rings. The van der Waals surface area contributed by atoms with Crippen LogP contribution in [0.5, 0.6) is 5.75 Å². The molecule has 0 N–H and O–H groups in total. The summed E-state index contributed by atoms with van der Waals surface area (Å²) in [4.78, 5) is 5.26. The number of fused-ring (bicyclic) bond motifs is 3. The predicted molar refractivity (Wildman–Crippen MR) is 124 cm³/mol. The van der Waals surface area contributed by atoms with E-state index in [0.717, 1.165) is 30.3 Å². The van der Waals surface area contributed by atoms with E-state index >= 15 is 0 Å². The second-order valence-corrected chi connectivity index (χ2v) is 9.59. The molecule has 0 aliphatic carbocycles. The Bertz CT molecular complexity index is 847. The van der Waals surface area contributed by atoms with Gasteiger partial charge in [-0.1, -0.05) is 36.2 Å². The lowest BCUT2D eigenvalue weighted by Gasteiger charge is -2.37. The molecule has 160 valence electrons. The molecule has 2 aromatic carbocycles. The molecule has 2 saturated heterocycles. The van der Waals surface area contributed by atoms with Crippen LogP contribution < -0.4 is 4.74 Å². The Hall–Kier alpha value is -1.55. The number of likely N-dealkylation sites (tertiary alicyclic amines) is 1. The smallest absolute Gasteiger partial charge is 0.119 e. The normalized spacial score (nSPS) is 24.4. The SMILES string of the molecule is Clc1ccc([C@@H]2CN3CCC[C@H]3c3cc(OCCCN4CCCCC4)ccc32)cc1. The number of hydrogen-bond donors (Lipinski definition) is 0. The predicted octanol–water partition coefficient (Wildman–Crippen LogP) is 5.88. The van der Waals surface area contributed by atoms with Crippen LogP contribution in [0, 0.1) is 0 Å². The summed E-state index contributed by atoms with van der Waals surface area (Å²) in [5.41, 5.74) is 4.31. The summed E-state index contributed by atoms with van der Waals surface area (Å²) in [6.45, 7) is 6.82. The third-order valence-electron chi connectivity index (χ3n) is 7.18. The Balaban J connectivity index is 1.29. The van der Waals surface area contributed by atoms with Crippen LogP contribution in [0.2, 0.25) is 5.02 Å². The van der Waals surface area contributed by atoms with Crippen molar-refractivity contribution in [3.63, 3.8) is 0 Å². The van der Waals surface area contributed by atoms with Gasteiger partial charge in [0.15, 0.2) is 0 Å². The molecule has 0 bridgehead atoms. The zero-order valence-electron chi connectivity index (χ0n) is 17.9. The first-order valence-electron chi connectivity index (χ1n) is 11.8. The minimum Gasteiger partial charge on any atom is -0.494 e. The molecule has 2 fully saturated rings. The van der Waals surface area contributed by atoms with Gasteiger partial charge in [0.25, 0.3) is 0 Å². The summed E-state index contributed by atoms with van der Waals surface area (Å²) in [6.07, 6.45) is 7.78. The summed E-state index contributed by atoms with van der Waals surface area (Å²) < 4.78 is 6.21. The largest absolute Gasteiger partial charge is 0.494 e. The highest BCUT2D eigenvalue weighted by atomic mass is 35.5. The molecule has 0 radical (unpaired) electrons. The van der Waals surface area contributed by atoms with E-state index in [4.69, 9.17) is 16.3 Å². The molecular weight excluding hydrogens is 392 g/mol. The molecular formula is C26H33ClN2O. The fourth-order valence-electron chi connectivity index (χ4n) is 5.62. The van der Waals surface area contributed by atoms with Crippen molar-refractivity contribution in [2.75, 3.05) is 39.3 Å². The summed E-state index contributed by atoms with van der Waals surface area (Å²) in [5, 5.41) is 0.808. The van der Waals surface area contributed by atoms with E-state index in [-0.39, 0.29) is 0 Å². The maximum Gasteiger partial charge on any atom is 0.119 e. The third kappa shape index (κ3) is 4.39. The Kier molecular flexibility index (Phi) is 6.31. The van der Waals surface area contributed by atoms with Gasteiger partial charge in [0.2, 0.25) is 0 Å². The van der Waals surface area contributed by atoms with Gasteiger partial charge in [-0.2, -0.15) is 0 Å². The second kappa shape index (κ2) is 9.30. The van der Waals surface area contributed by atoms with Crippen LogP contribution in [-0.4, -0.2) is 49.1 Å². The molecule has 30 heavy (non-hydrogen) atoms. The van der Waals surface area contributed by atoms with Crippen LogP contribution in [-0.2, 0) is 0 Å². The molecule has 2 atom stereocenters. The number of benzene rings is 2. The Morgan fingerprint density at radius 3 is 2.57 bits per heavy atom. The highest BCUT2D eigenvalue weighted by Crippen LogP contribution is 2.45. The van der Waals surface area contributed by atoms with Gasteiger partial charge in [0.05, 0.1) is 6.61 Å². The molecule has 0 aromatic heterocycles. The van der Waals surface area contributed by atoms with Gasteiger partial charge in [-0.05, 0) is 92.7 Å². The number of nitrogens with zero attached hydrogens (tertiary/aromatic N) is 2. The van der Waals surface area contributed by atoms with Gasteiger partial charge in [-0.25, -0.2) is 0 Å². The zero-order valence-corrected chi connectivity index (χ0v) is 18.6. The van der Waals surface area contributed by atoms with Crippen molar-refractivity contribution in [2.24, 2.45) is 0 Å². The standard InChI is InChI=1S/C26H33ClN2O/c27-21-9-7-20(8-10-21)25-19-29-16-4-6-26(29)24-18-22(11-12-23(24)25)30-17-5-15-28-13-2-1-3-14-28/h7-12,18,25-26H,1-6,13-17,19H2/t25-,26-/m0/s1. The number of rotatable bonds is 6. The highest BCUT2D eigenvalue weighted by Gasteiger charge is 2.36. The van der Waals surface area contributed by atoms with Crippen LogP contribution in [0.1, 0.15) is 67.2 Å². The molecule has 0 unspecified atom stereocenters. The first-order chi connectivity index (χ1) is 14.8. The summed E-state index contributed by atoms with van der Waals surface area (Å²) in [6, 6.07) is 15.8. The Morgan fingerprint density at radius 2 is 1.73 bits per heavy atom. The minimum absolute atomic E-state index is 0.416. The van der Waals surface area contributed by atoms with Crippen molar-refractivity contribution < 1.29 is 4.74 Å². The van der Waals surface area contributed by atoms with Crippen molar-refractivity contribution in [3.8, 4) is 5.75 Å². The van der Waals surface area contributed by atoms with Crippen LogP contribution in [0.15, 0.2) is 42.5 Å². The summed E-state index contributed by atoms with van der Waals surface area (Å²) in [7, 11) is 0. The average Bonchev–Trinajstić information content (AvgIpc) is 3.26. The fraction of sp³-hybridized carbons (Fsp3) is 0.538. The van der Waals surface area contributed by atoms with E-state index in [0.29, 0.717) is 12.0 Å². The molecule has 3 heterocycles. The van der Waals surface area contributed by atoms with Crippen molar-refractivity contribution >= 4 is 11.6 Å². The number of piperidine rings is 1. The lowest BCUT2D eigenvalue weighted by molar-refractivity contribution is 0.204. The first kappa shape index (κ1) is 20.4. The monoisotopic (exact) mass is 424 g/mol. The van der Waals surface area contributed by atoms with Crippen LogP contribution in [0.3, 0.4) is 0 Å². The quantitative estimate of drug-likeness (QED) is 0.538. The number of ether oxygens (including phenoxy) is 1. The summed E-state index contributed by atoms with van der Waals surface area (Å²) >= 11 is 6.14. The van der Waals surface area contributed by atoms with Crippen LogP contribution in [0.25, 0.3) is 0 Å². The molecule has 0 spiro atoms. The molecule has 0 saturated carbocycles. The molecule has 4 heteroatoms. The van der Waals surface area contributed by atoms with Crippen molar-refractivity contribution in [1.82, 2.24) is 9.80 Å². The summed E-state index contributed by atoms with van der Waals surface area (Å²) in [5.74, 6) is 1.45. The maximum atomic E-state index is 6.21. The average molecular weight is 425 g/mol.